The molecule has 0 saturated heterocycles. The van der Waals surface area contributed by atoms with E-state index in [2.05, 4.69) is 45.9 Å². The van der Waals surface area contributed by atoms with Gasteiger partial charge in [-0.05, 0) is 45.2 Å². The molecule has 0 aliphatic heterocycles. The van der Waals surface area contributed by atoms with Crippen molar-refractivity contribution >= 4 is 17.7 Å². The number of carbonyl (C=O) groups is 1. The van der Waals surface area contributed by atoms with Crippen LogP contribution in [-0.2, 0) is 4.79 Å². The van der Waals surface area contributed by atoms with Gasteiger partial charge in [-0.15, -0.1) is 0 Å². The number of aryl methyl sites for hydroxylation is 2. The number of hydrogen-bond acceptors (Lipinski definition) is 8. The van der Waals surface area contributed by atoms with Crippen LogP contribution in [0.25, 0.3) is 5.82 Å². The Labute approximate surface area is 201 Å². The zero-order valence-corrected chi connectivity index (χ0v) is 19.7. The summed E-state index contributed by atoms with van der Waals surface area (Å²) in [6, 6.07) is 5.41. The molecule has 12 heteroatoms. The summed E-state index contributed by atoms with van der Waals surface area (Å²) in [5.41, 5.74) is 1.90. The van der Waals surface area contributed by atoms with Gasteiger partial charge in [0.1, 0.15) is 12.2 Å². The second kappa shape index (κ2) is 10.8. The molecule has 1 saturated carbocycles. The largest absolute Gasteiger partial charge is 0.349 e. The van der Waals surface area contributed by atoms with Crippen LogP contribution in [0.4, 0.5) is 16.2 Å². The van der Waals surface area contributed by atoms with Crippen LogP contribution in [-0.4, -0.2) is 45.8 Å². The molecule has 4 aromatic heterocycles. The Morgan fingerprint density at radius 1 is 1.20 bits per heavy atom. The quantitative estimate of drug-likeness (QED) is 0.383. The fraction of sp³-hybridized carbons (Fsp3) is 0.348. The Morgan fingerprint density at radius 3 is 2.60 bits per heavy atom. The number of aromatic nitrogens is 8. The number of carbonyl (C=O) groups excluding carboxylic acids is 1. The molecular formula is C23H27FN10O. The van der Waals surface area contributed by atoms with Crippen LogP contribution in [0.15, 0.2) is 43.1 Å². The highest BCUT2D eigenvalue weighted by Gasteiger charge is 2.26. The Balaban J connectivity index is 0.000000179. The number of halogens is 1. The van der Waals surface area contributed by atoms with Crippen molar-refractivity contribution in [1.82, 2.24) is 45.2 Å². The molecule has 0 bridgehead atoms. The molecule has 1 fully saturated rings. The van der Waals surface area contributed by atoms with Gasteiger partial charge in [0.25, 0.3) is 0 Å². The number of anilines is 2. The summed E-state index contributed by atoms with van der Waals surface area (Å²) in [4.78, 5) is 28.1. The Kier molecular flexibility index (Phi) is 7.38. The molecule has 3 N–H and O–H groups in total. The van der Waals surface area contributed by atoms with Crippen LogP contribution >= 0.6 is 0 Å². The molecule has 5 rings (SSSR count). The first kappa shape index (κ1) is 23.9. The number of nitrogens with one attached hydrogen (secondary N) is 3. The average Bonchev–Trinajstić information content (AvgIpc) is 3.41. The van der Waals surface area contributed by atoms with E-state index in [9.17, 15) is 9.18 Å². The molecule has 1 aliphatic carbocycles. The first-order valence-corrected chi connectivity index (χ1v) is 11.3. The second-order valence-corrected chi connectivity index (χ2v) is 8.33. The van der Waals surface area contributed by atoms with Crippen molar-refractivity contribution in [3.8, 4) is 5.82 Å². The number of hydrogen-bond donors (Lipinski definition) is 3. The van der Waals surface area contributed by atoms with Crippen molar-refractivity contribution in [2.45, 2.75) is 46.1 Å². The van der Waals surface area contributed by atoms with E-state index in [1.54, 1.807) is 12.3 Å². The number of H-pyrrole nitrogens is 1. The van der Waals surface area contributed by atoms with Crippen LogP contribution in [0.2, 0.25) is 0 Å². The lowest BCUT2D eigenvalue weighted by atomic mass is 9.84. The highest BCUT2D eigenvalue weighted by Crippen LogP contribution is 2.27. The van der Waals surface area contributed by atoms with Gasteiger partial charge in [0, 0.05) is 23.9 Å². The predicted octanol–water partition coefficient (Wildman–Crippen LogP) is 3.34. The standard InChI is InChI=1S/C15H17FN4O.C8H10N6/c1-10(19-15(21)11-3-2-4-11)12-5-6-14(17-7-12)20-9-13(16)8-18-20;1-5-3-7(14-13-5)12-8-10-4-9-6(2)11-8/h5-11H,2-4H2,1H3,(H,19,21);3-4H,1-2H3,(H2,9,10,11,12,13,14). The van der Waals surface area contributed by atoms with Crippen LogP contribution in [0.5, 0.6) is 0 Å². The predicted molar refractivity (Wildman–Crippen MR) is 126 cm³/mol. The van der Waals surface area contributed by atoms with E-state index in [-0.39, 0.29) is 17.9 Å². The van der Waals surface area contributed by atoms with Crippen molar-refractivity contribution in [2.75, 3.05) is 5.32 Å². The maximum atomic E-state index is 12.9. The third-order valence-electron chi connectivity index (χ3n) is 5.53. The van der Waals surface area contributed by atoms with E-state index in [0.717, 1.165) is 36.7 Å². The second-order valence-electron chi connectivity index (χ2n) is 8.33. The lowest BCUT2D eigenvalue weighted by molar-refractivity contribution is -0.128. The highest BCUT2D eigenvalue weighted by molar-refractivity contribution is 5.79. The monoisotopic (exact) mass is 478 g/mol. The topological polar surface area (TPSA) is 139 Å². The van der Waals surface area contributed by atoms with Crippen LogP contribution < -0.4 is 10.6 Å². The lowest BCUT2D eigenvalue weighted by Gasteiger charge is -2.26. The van der Waals surface area contributed by atoms with Gasteiger partial charge in [-0.2, -0.15) is 15.2 Å². The molecule has 1 atom stereocenters. The molecule has 0 radical (unpaired) electrons. The first-order chi connectivity index (χ1) is 16.9. The minimum atomic E-state index is -0.401. The van der Waals surface area contributed by atoms with E-state index in [1.807, 2.05) is 32.9 Å². The maximum Gasteiger partial charge on any atom is 0.231 e. The van der Waals surface area contributed by atoms with E-state index < -0.39 is 5.82 Å². The summed E-state index contributed by atoms with van der Waals surface area (Å²) in [6.07, 6.45) is 8.66. The Bertz CT molecular complexity index is 1270. The number of aromatic amines is 1. The van der Waals surface area contributed by atoms with Crippen molar-refractivity contribution in [3.63, 3.8) is 0 Å². The van der Waals surface area contributed by atoms with Crippen molar-refractivity contribution in [3.05, 3.63) is 66.0 Å². The molecule has 182 valence electrons. The molecule has 0 aromatic carbocycles. The third-order valence-corrected chi connectivity index (χ3v) is 5.53. The molecule has 1 unspecified atom stereocenters. The molecule has 4 heterocycles. The Hall–Kier alpha value is -4.22. The van der Waals surface area contributed by atoms with Gasteiger partial charge in [0.05, 0.1) is 18.4 Å². The van der Waals surface area contributed by atoms with E-state index in [4.69, 9.17) is 0 Å². The molecule has 0 spiro atoms. The number of pyridine rings is 1. The number of rotatable bonds is 6. The molecule has 4 aromatic rings. The van der Waals surface area contributed by atoms with Crippen LogP contribution in [0, 0.1) is 25.6 Å². The summed E-state index contributed by atoms with van der Waals surface area (Å²) < 4.78 is 14.3. The smallest absolute Gasteiger partial charge is 0.231 e. The normalized spacial score (nSPS) is 13.8. The maximum absolute atomic E-state index is 12.9. The summed E-state index contributed by atoms with van der Waals surface area (Å²) in [5, 5.41) is 16.6. The molecule has 1 aliphatic rings. The fourth-order valence-electron chi connectivity index (χ4n) is 3.34. The summed E-state index contributed by atoms with van der Waals surface area (Å²) in [7, 11) is 0. The highest BCUT2D eigenvalue weighted by atomic mass is 19.1. The first-order valence-electron chi connectivity index (χ1n) is 11.3. The van der Waals surface area contributed by atoms with Crippen molar-refractivity contribution in [2.24, 2.45) is 5.92 Å². The van der Waals surface area contributed by atoms with Gasteiger partial charge in [0.15, 0.2) is 17.5 Å². The average molecular weight is 479 g/mol. The van der Waals surface area contributed by atoms with Gasteiger partial charge >= 0.3 is 0 Å². The van der Waals surface area contributed by atoms with Gasteiger partial charge in [-0.1, -0.05) is 12.5 Å². The Morgan fingerprint density at radius 2 is 2.03 bits per heavy atom. The van der Waals surface area contributed by atoms with Crippen molar-refractivity contribution < 1.29 is 9.18 Å². The molecule has 11 nitrogen and oxygen atoms in total. The fourth-order valence-corrected chi connectivity index (χ4v) is 3.34. The zero-order valence-electron chi connectivity index (χ0n) is 19.7. The zero-order chi connectivity index (χ0) is 24.8. The van der Waals surface area contributed by atoms with Crippen LogP contribution in [0.3, 0.4) is 0 Å². The van der Waals surface area contributed by atoms with Crippen LogP contribution in [0.1, 0.15) is 49.3 Å². The summed E-state index contributed by atoms with van der Waals surface area (Å²) in [6.45, 7) is 5.67. The molecular weight excluding hydrogens is 451 g/mol. The third kappa shape index (κ3) is 6.43. The number of nitrogens with zero attached hydrogens (tertiary/aromatic N) is 7. The van der Waals surface area contributed by atoms with Gasteiger partial charge in [-0.25, -0.2) is 24.0 Å². The van der Waals surface area contributed by atoms with Gasteiger partial charge in [-0.3, -0.25) is 9.89 Å². The number of amides is 1. The van der Waals surface area contributed by atoms with Gasteiger partial charge in [0.2, 0.25) is 11.9 Å². The van der Waals surface area contributed by atoms with E-state index in [1.165, 1.54) is 17.2 Å². The summed E-state index contributed by atoms with van der Waals surface area (Å²) in [5.74, 6) is 2.31. The molecule has 35 heavy (non-hydrogen) atoms. The van der Waals surface area contributed by atoms with E-state index >= 15 is 0 Å². The minimum Gasteiger partial charge on any atom is -0.349 e. The van der Waals surface area contributed by atoms with Gasteiger partial charge < -0.3 is 10.6 Å². The van der Waals surface area contributed by atoms with Crippen molar-refractivity contribution in [1.29, 1.82) is 0 Å². The minimum absolute atomic E-state index is 0.0889. The summed E-state index contributed by atoms with van der Waals surface area (Å²) >= 11 is 0. The lowest BCUT2D eigenvalue weighted by Crippen LogP contribution is -2.36. The van der Waals surface area contributed by atoms with E-state index in [0.29, 0.717) is 23.4 Å². The SMILES string of the molecule is CC(NC(=O)C1CCC1)c1ccc(-n2cc(F)cn2)nc1.Cc1ncnc(Nc2cc(C)[nH]n2)n1. The molecule has 1 amide bonds.